The maximum atomic E-state index is 12.8. The fourth-order valence-corrected chi connectivity index (χ4v) is 4.49. The van der Waals surface area contributed by atoms with Gasteiger partial charge in [-0.3, -0.25) is 4.79 Å². The molecule has 2 atom stereocenters. The molecule has 1 aliphatic carbocycles. The number of aromatic nitrogens is 2. The van der Waals surface area contributed by atoms with E-state index in [1.54, 1.807) is 6.07 Å². The summed E-state index contributed by atoms with van der Waals surface area (Å²) in [5.41, 5.74) is 3.28. The summed E-state index contributed by atoms with van der Waals surface area (Å²) in [5.74, 6) is 1.69. The fourth-order valence-electron chi connectivity index (χ4n) is 3.80. The van der Waals surface area contributed by atoms with Crippen LogP contribution in [-0.2, 0) is 11.2 Å². The van der Waals surface area contributed by atoms with Gasteiger partial charge in [0.2, 0.25) is 18.6 Å². The molecule has 1 aliphatic heterocycles. The highest BCUT2D eigenvalue weighted by molar-refractivity contribution is 8.00. The molecule has 1 amide bonds. The Kier molecular flexibility index (Phi) is 5.08. The molecule has 30 heavy (non-hydrogen) atoms. The minimum atomic E-state index is -0.357. The molecule has 0 saturated carbocycles. The summed E-state index contributed by atoms with van der Waals surface area (Å²) in [6.45, 7) is 2.06. The van der Waals surface area contributed by atoms with Gasteiger partial charge in [-0.05, 0) is 55.5 Å². The molecule has 8 heteroatoms. The molecular formula is C22H21N3O4S. The number of fused-ring (bicyclic) bond motifs is 2. The third-order valence-electron chi connectivity index (χ3n) is 5.36. The van der Waals surface area contributed by atoms with E-state index in [2.05, 4.69) is 33.7 Å². The van der Waals surface area contributed by atoms with E-state index in [9.17, 15) is 4.79 Å². The number of carbonyl (C=O) groups excluding carboxylic acids is 1. The van der Waals surface area contributed by atoms with Crippen molar-refractivity contribution in [3.8, 4) is 23.0 Å². The minimum Gasteiger partial charge on any atom is -0.454 e. The van der Waals surface area contributed by atoms with Crippen LogP contribution < -0.4 is 14.8 Å². The van der Waals surface area contributed by atoms with Crippen LogP contribution in [-0.4, -0.2) is 28.1 Å². The monoisotopic (exact) mass is 423 g/mol. The molecule has 154 valence electrons. The second-order valence-electron chi connectivity index (χ2n) is 7.35. The highest BCUT2D eigenvalue weighted by Crippen LogP contribution is 2.36. The van der Waals surface area contributed by atoms with Crippen molar-refractivity contribution in [2.75, 3.05) is 6.79 Å². The van der Waals surface area contributed by atoms with Gasteiger partial charge < -0.3 is 19.2 Å². The van der Waals surface area contributed by atoms with Crippen molar-refractivity contribution in [2.24, 2.45) is 0 Å². The number of hydrogen-bond acceptors (Lipinski definition) is 7. The second kappa shape index (κ2) is 8.02. The van der Waals surface area contributed by atoms with E-state index < -0.39 is 0 Å². The highest BCUT2D eigenvalue weighted by atomic mass is 32.2. The van der Waals surface area contributed by atoms with Crippen LogP contribution in [0.4, 0.5) is 0 Å². The van der Waals surface area contributed by atoms with Gasteiger partial charge in [-0.15, -0.1) is 10.2 Å². The number of ether oxygens (including phenoxy) is 2. The lowest BCUT2D eigenvalue weighted by Crippen LogP contribution is -2.35. The molecule has 0 fully saturated rings. The first-order valence-electron chi connectivity index (χ1n) is 9.96. The zero-order valence-electron chi connectivity index (χ0n) is 16.5. The van der Waals surface area contributed by atoms with Gasteiger partial charge in [0, 0.05) is 5.56 Å². The number of nitrogens with zero attached hydrogens (tertiary/aromatic N) is 2. The van der Waals surface area contributed by atoms with Gasteiger partial charge in [-0.2, -0.15) is 0 Å². The molecular weight excluding hydrogens is 402 g/mol. The van der Waals surface area contributed by atoms with Crippen molar-refractivity contribution in [2.45, 2.75) is 42.7 Å². The molecule has 2 heterocycles. The van der Waals surface area contributed by atoms with Crippen LogP contribution >= 0.6 is 11.8 Å². The van der Waals surface area contributed by atoms with E-state index in [0.29, 0.717) is 22.6 Å². The van der Waals surface area contributed by atoms with Crippen LogP contribution in [0.25, 0.3) is 11.5 Å². The molecule has 0 unspecified atom stereocenters. The van der Waals surface area contributed by atoms with Gasteiger partial charge in [-0.1, -0.05) is 36.0 Å². The summed E-state index contributed by atoms with van der Waals surface area (Å²) in [4.78, 5) is 12.8. The summed E-state index contributed by atoms with van der Waals surface area (Å²) in [5, 5.41) is 11.4. The lowest BCUT2D eigenvalue weighted by Gasteiger charge is -2.27. The SMILES string of the molecule is C[C@H](Sc1nnc(-c2ccc3c(c2)OCO3)o1)C(=O)N[C@H]1CCCc2ccccc21. The number of rotatable bonds is 5. The maximum Gasteiger partial charge on any atom is 0.277 e. The molecule has 0 radical (unpaired) electrons. The number of thioether (sulfide) groups is 1. The molecule has 5 rings (SSSR count). The summed E-state index contributed by atoms with van der Waals surface area (Å²) < 4.78 is 16.5. The molecule has 0 saturated heterocycles. The van der Waals surface area contributed by atoms with Crippen LogP contribution in [0, 0.1) is 0 Å². The Labute approximate surface area is 178 Å². The Morgan fingerprint density at radius 1 is 1.17 bits per heavy atom. The molecule has 7 nitrogen and oxygen atoms in total. The Morgan fingerprint density at radius 2 is 2.03 bits per heavy atom. The smallest absolute Gasteiger partial charge is 0.277 e. The zero-order chi connectivity index (χ0) is 20.5. The molecule has 1 N–H and O–H groups in total. The summed E-state index contributed by atoms with van der Waals surface area (Å²) in [6.07, 6.45) is 3.10. The summed E-state index contributed by atoms with van der Waals surface area (Å²) in [6, 6.07) is 13.8. The lowest BCUT2D eigenvalue weighted by atomic mass is 9.88. The maximum absolute atomic E-state index is 12.8. The van der Waals surface area contributed by atoms with Gasteiger partial charge in [0.15, 0.2) is 11.5 Å². The van der Waals surface area contributed by atoms with Gasteiger partial charge in [0.05, 0.1) is 11.3 Å². The molecule has 2 aliphatic rings. The standard InChI is InChI=1S/C22H21N3O4S/c1-13(20(26)23-17-8-4-6-14-5-2-3-7-16(14)17)30-22-25-24-21(29-22)15-9-10-18-19(11-15)28-12-27-18/h2-3,5,7,9-11,13,17H,4,6,8,12H2,1H3,(H,23,26)/t13-,17-/m0/s1. The van der Waals surface area contributed by atoms with Crippen molar-refractivity contribution >= 4 is 17.7 Å². The van der Waals surface area contributed by atoms with Crippen LogP contribution in [0.2, 0.25) is 0 Å². The largest absolute Gasteiger partial charge is 0.454 e. The first-order valence-corrected chi connectivity index (χ1v) is 10.8. The van der Waals surface area contributed by atoms with Gasteiger partial charge >= 0.3 is 0 Å². The molecule has 3 aromatic rings. The van der Waals surface area contributed by atoms with Gasteiger partial charge in [0.25, 0.3) is 5.22 Å². The van der Waals surface area contributed by atoms with Gasteiger partial charge in [0.1, 0.15) is 0 Å². The molecule has 1 aromatic heterocycles. The number of aryl methyl sites for hydroxylation is 1. The Balaban J connectivity index is 1.24. The van der Waals surface area contributed by atoms with E-state index in [-0.39, 0.29) is 24.0 Å². The predicted octanol–water partition coefficient (Wildman–Crippen LogP) is 4.14. The van der Waals surface area contributed by atoms with Crippen LogP contribution in [0.5, 0.6) is 11.5 Å². The average molecular weight is 423 g/mol. The first kappa shape index (κ1) is 19.0. The number of hydrogen-bond donors (Lipinski definition) is 1. The Bertz CT molecular complexity index is 1080. The van der Waals surface area contributed by atoms with E-state index in [0.717, 1.165) is 24.8 Å². The third kappa shape index (κ3) is 3.75. The van der Waals surface area contributed by atoms with Crippen molar-refractivity contribution in [1.82, 2.24) is 15.5 Å². The molecule has 0 spiro atoms. The lowest BCUT2D eigenvalue weighted by molar-refractivity contribution is -0.121. The van der Waals surface area contributed by atoms with Gasteiger partial charge in [-0.25, -0.2) is 0 Å². The summed E-state index contributed by atoms with van der Waals surface area (Å²) >= 11 is 1.25. The number of amides is 1. The van der Waals surface area contributed by atoms with Crippen molar-refractivity contribution in [3.05, 3.63) is 53.6 Å². The van der Waals surface area contributed by atoms with E-state index in [1.807, 2.05) is 25.1 Å². The van der Waals surface area contributed by atoms with E-state index in [4.69, 9.17) is 13.9 Å². The highest BCUT2D eigenvalue weighted by Gasteiger charge is 2.25. The van der Waals surface area contributed by atoms with Crippen LogP contribution in [0.15, 0.2) is 52.1 Å². The molecule has 2 aromatic carbocycles. The Morgan fingerprint density at radius 3 is 2.97 bits per heavy atom. The quantitative estimate of drug-likeness (QED) is 0.617. The zero-order valence-corrected chi connectivity index (χ0v) is 17.3. The number of carbonyl (C=O) groups is 1. The number of benzene rings is 2. The van der Waals surface area contributed by atoms with Crippen molar-refractivity contribution in [3.63, 3.8) is 0 Å². The fraction of sp³-hybridized carbons (Fsp3) is 0.318. The second-order valence-corrected chi connectivity index (χ2v) is 8.65. The average Bonchev–Trinajstić information content (AvgIpc) is 3.42. The number of nitrogens with one attached hydrogen (secondary N) is 1. The first-order chi connectivity index (χ1) is 14.7. The normalized spacial score (nSPS) is 18.0. The topological polar surface area (TPSA) is 86.5 Å². The summed E-state index contributed by atoms with van der Waals surface area (Å²) in [7, 11) is 0. The van der Waals surface area contributed by atoms with E-state index >= 15 is 0 Å². The minimum absolute atomic E-state index is 0.0375. The van der Waals surface area contributed by atoms with Crippen molar-refractivity contribution < 1.29 is 18.7 Å². The van der Waals surface area contributed by atoms with E-state index in [1.165, 1.54) is 22.9 Å². The predicted molar refractivity (Wildman–Crippen MR) is 111 cm³/mol. The third-order valence-corrected chi connectivity index (χ3v) is 6.29. The van der Waals surface area contributed by atoms with Crippen molar-refractivity contribution in [1.29, 1.82) is 0 Å². The van der Waals surface area contributed by atoms with Crippen LogP contribution in [0.1, 0.15) is 36.9 Å². The molecule has 0 bridgehead atoms. The Hall–Kier alpha value is -3.00. The van der Waals surface area contributed by atoms with Crippen LogP contribution in [0.3, 0.4) is 0 Å².